The molecule has 1 aromatic rings. The number of aryl methyl sites for hydroxylation is 1. The average molecular weight is 354 g/mol. The van der Waals surface area contributed by atoms with E-state index in [1.165, 1.54) is 17.1 Å². The second-order valence-corrected chi connectivity index (χ2v) is 6.68. The Kier molecular flexibility index (Phi) is 8.02. The van der Waals surface area contributed by atoms with Crippen LogP contribution >= 0.6 is 12.4 Å². The van der Waals surface area contributed by atoms with Crippen LogP contribution in [-0.2, 0) is 21.9 Å². The van der Waals surface area contributed by atoms with E-state index in [0.717, 1.165) is 0 Å². The van der Waals surface area contributed by atoms with Gasteiger partial charge in [0.15, 0.2) is 0 Å². The third-order valence-corrected chi connectivity index (χ3v) is 4.92. The van der Waals surface area contributed by atoms with Gasteiger partial charge in [0.1, 0.15) is 4.90 Å². The summed E-state index contributed by atoms with van der Waals surface area (Å²) in [7, 11) is -2.12. The highest BCUT2D eigenvalue weighted by atomic mass is 35.5. The summed E-state index contributed by atoms with van der Waals surface area (Å²) in [6.45, 7) is 3.83. The molecule has 0 aliphatic carbocycles. The van der Waals surface area contributed by atoms with Gasteiger partial charge in [-0.25, -0.2) is 13.1 Å². The number of nitrogens with two attached hydrogens (primary N) is 1. The number of nitrogens with zero attached hydrogens (tertiary/aromatic N) is 2. The van der Waals surface area contributed by atoms with Crippen LogP contribution in [0.5, 0.6) is 0 Å². The summed E-state index contributed by atoms with van der Waals surface area (Å²) in [5.41, 5.74) is 5.20. The zero-order valence-electron chi connectivity index (χ0n) is 13.0. The molecule has 0 atom stereocenters. The highest BCUT2D eigenvalue weighted by Gasteiger charge is 2.27. The summed E-state index contributed by atoms with van der Waals surface area (Å²) >= 11 is 0. The second kappa shape index (κ2) is 8.47. The molecule has 1 heterocycles. The molecule has 128 valence electrons. The summed E-state index contributed by atoms with van der Waals surface area (Å²) in [4.78, 5) is 11.9. The molecule has 0 aliphatic heterocycles. The molecule has 0 unspecified atom stereocenters. The molecule has 0 aromatic carbocycles. The van der Waals surface area contributed by atoms with Crippen LogP contribution in [0.1, 0.15) is 26.7 Å². The van der Waals surface area contributed by atoms with Gasteiger partial charge in [0, 0.05) is 19.8 Å². The SMILES string of the molecule is CCC(CC)(CN)NC(=O)CNS(=O)(=O)c1cnn(C)c1.Cl. The second-order valence-electron chi connectivity index (χ2n) is 4.91. The van der Waals surface area contributed by atoms with Crippen molar-refractivity contribution >= 4 is 28.3 Å². The fraction of sp³-hybridized carbons (Fsp3) is 0.667. The van der Waals surface area contributed by atoms with E-state index in [2.05, 4.69) is 15.1 Å². The molecule has 1 amide bonds. The molecule has 0 fully saturated rings. The number of hydrogen-bond acceptors (Lipinski definition) is 5. The van der Waals surface area contributed by atoms with Gasteiger partial charge in [-0.15, -0.1) is 12.4 Å². The zero-order chi connectivity index (χ0) is 16.1. The van der Waals surface area contributed by atoms with Crippen molar-refractivity contribution in [3.8, 4) is 0 Å². The third kappa shape index (κ3) is 5.24. The normalized spacial score (nSPS) is 11.8. The molecule has 10 heteroatoms. The van der Waals surface area contributed by atoms with Gasteiger partial charge in [-0.1, -0.05) is 13.8 Å². The largest absolute Gasteiger partial charge is 0.348 e. The summed E-state index contributed by atoms with van der Waals surface area (Å²) in [6.07, 6.45) is 3.95. The van der Waals surface area contributed by atoms with E-state index in [1.807, 2.05) is 13.8 Å². The Hall–Kier alpha value is -1.16. The number of aromatic nitrogens is 2. The van der Waals surface area contributed by atoms with Gasteiger partial charge in [-0.2, -0.15) is 5.10 Å². The van der Waals surface area contributed by atoms with Crippen LogP contribution < -0.4 is 15.8 Å². The maximum Gasteiger partial charge on any atom is 0.244 e. The van der Waals surface area contributed by atoms with Gasteiger partial charge in [-0.05, 0) is 12.8 Å². The number of hydrogen-bond donors (Lipinski definition) is 3. The molecule has 0 radical (unpaired) electrons. The van der Waals surface area contributed by atoms with Gasteiger partial charge in [0.25, 0.3) is 0 Å². The number of carbonyl (C=O) groups excluding carboxylic acids is 1. The minimum atomic E-state index is -3.74. The van der Waals surface area contributed by atoms with E-state index in [4.69, 9.17) is 5.73 Å². The molecular weight excluding hydrogens is 330 g/mol. The van der Waals surface area contributed by atoms with E-state index >= 15 is 0 Å². The van der Waals surface area contributed by atoms with Crippen molar-refractivity contribution in [1.82, 2.24) is 19.8 Å². The highest BCUT2D eigenvalue weighted by molar-refractivity contribution is 7.89. The van der Waals surface area contributed by atoms with Crippen molar-refractivity contribution < 1.29 is 13.2 Å². The fourth-order valence-corrected chi connectivity index (χ4v) is 2.85. The van der Waals surface area contributed by atoms with Crippen LogP contribution in [0.4, 0.5) is 0 Å². The highest BCUT2D eigenvalue weighted by Crippen LogP contribution is 2.12. The number of sulfonamides is 1. The molecule has 8 nitrogen and oxygen atoms in total. The molecular formula is C12H24ClN5O3S. The Morgan fingerprint density at radius 1 is 1.41 bits per heavy atom. The lowest BCUT2D eigenvalue weighted by molar-refractivity contribution is -0.121. The Morgan fingerprint density at radius 3 is 2.41 bits per heavy atom. The summed E-state index contributed by atoms with van der Waals surface area (Å²) in [5, 5.41) is 6.59. The lowest BCUT2D eigenvalue weighted by atomic mass is 9.93. The van der Waals surface area contributed by atoms with Gasteiger partial charge in [0.05, 0.1) is 18.3 Å². The molecule has 0 saturated heterocycles. The van der Waals surface area contributed by atoms with E-state index in [-0.39, 0.29) is 23.8 Å². The molecule has 0 spiro atoms. The van der Waals surface area contributed by atoms with Crippen molar-refractivity contribution in [2.75, 3.05) is 13.1 Å². The Bertz CT molecular complexity index is 575. The summed E-state index contributed by atoms with van der Waals surface area (Å²) < 4.78 is 27.5. The standard InChI is InChI=1S/C12H23N5O3S.ClH/c1-4-12(5-2,9-13)16-11(18)7-15-21(19,20)10-6-14-17(3)8-10;/h6,8,15H,4-5,7,9,13H2,1-3H3,(H,16,18);1H. The van der Waals surface area contributed by atoms with E-state index in [0.29, 0.717) is 19.4 Å². The predicted octanol–water partition coefficient (Wildman–Crippen LogP) is -0.246. The molecule has 4 N–H and O–H groups in total. The maximum atomic E-state index is 12.0. The van der Waals surface area contributed by atoms with Crippen LogP contribution in [0.2, 0.25) is 0 Å². The van der Waals surface area contributed by atoms with E-state index in [9.17, 15) is 13.2 Å². The van der Waals surface area contributed by atoms with Gasteiger partial charge in [-0.3, -0.25) is 9.48 Å². The molecule has 22 heavy (non-hydrogen) atoms. The maximum absolute atomic E-state index is 12.0. The van der Waals surface area contributed by atoms with Crippen molar-refractivity contribution in [2.45, 2.75) is 37.1 Å². The minimum absolute atomic E-state index is 0. The Labute approximate surface area is 137 Å². The first-order valence-electron chi connectivity index (χ1n) is 6.78. The topological polar surface area (TPSA) is 119 Å². The van der Waals surface area contributed by atoms with Crippen molar-refractivity contribution in [3.63, 3.8) is 0 Å². The number of amides is 1. The first kappa shape index (κ1) is 20.8. The molecule has 0 saturated carbocycles. The van der Waals surface area contributed by atoms with Crippen LogP contribution in [0.15, 0.2) is 17.3 Å². The quantitative estimate of drug-likeness (QED) is 0.595. The number of rotatable bonds is 8. The molecule has 1 aromatic heterocycles. The Balaban J connectivity index is 0.00000441. The van der Waals surface area contributed by atoms with Crippen molar-refractivity contribution in [2.24, 2.45) is 12.8 Å². The number of halogens is 1. The molecule has 1 rings (SSSR count). The van der Waals surface area contributed by atoms with Gasteiger partial charge < -0.3 is 11.1 Å². The lowest BCUT2D eigenvalue weighted by Crippen LogP contribution is -2.55. The first-order chi connectivity index (χ1) is 9.78. The fourth-order valence-electron chi connectivity index (χ4n) is 1.89. The molecule has 0 aliphatic rings. The van der Waals surface area contributed by atoms with E-state index < -0.39 is 21.5 Å². The minimum Gasteiger partial charge on any atom is -0.348 e. The van der Waals surface area contributed by atoms with E-state index in [1.54, 1.807) is 7.05 Å². The number of carbonyl (C=O) groups is 1. The third-order valence-electron chi connectivity index (χ3n) is 3.56. The monoisotopic (exact) mass is 353 g/mol. The van der Waals surface area contributed by atoms with Gasteiger partial charge in [0.2, 0.25) is 15.9 Å². The smallest absolute Gasteiger partial charge is 0.244 e. The average Bonchev–Trinajstić information content (AvgIpc) is 2.90. The van der Waals surface area contributed by atoms with Crippen molar-refractivity contribution in [3.05, 3.63) is 12.4 Å². The summed E-state index contributed by atoms with van der Waals surface area (Å²) in [5.74, 6) is -0.406. The predicted molar refractivity (Wildman–Crippen MR) is 86.2 cm³/mol. The Morgan fingerprint density at radius 2 is 2.00 bits per heavy atom. The number of nitrogens with one attached hydrogen (secondary N) is 2. The van der Waals surface area contributed by atoms with Crippen LogP contribution in [0.25, 0.3) is 0 Å². The first-order valence-corrected chi connectivity index (χ1v) is 8.26. The van der Waals surface area contributed by atoms with Crippen LogP contribution in [0.3, 0.4) is 0 Å². The lowest BCUT2D eigenvalue weighted by Gasteiger charge is -2.31. The van der Waals surface area contributed by atoms with Crippen LogP contribution in [0, 0.1) is 0 Å². The van der Waals surface area contributed by atoms with Crippen molar-refractivity contribution in [1.29, 1.82) is 0 Å². The summed E-state index contributed by atoms with van der Waals surface area (Å²) in [6, 6.07) is 0. The zero-order valence-corrected chi connectivity index (χ0v) is 14.6. The van der Waals surface area contributed by atoms with Gasteiger partial charge >= 0.3 is 0 Å². The van der Waals surface area contributed by atoms with Crippen LogP contribution in [-0.4, -0.2) is 42.7 Å². The molecule has 0 bridgehead atoms.